The van der Waals surface area contributed by atoms with E-state index in [-0.39, 0.29) is 0 Å². The maximum Gasteiger partial charge on any atom is 0.155 e. The first-order valence-electron chi connectivity index (χ1n) is 3.66. The molecule has 2 heterocycles. The van der Waals surface area contributed by atoms with Crippen LogP contribution in [0.4, 0.5) is 0 Å². The van der Waals surface area contributed by atoms with E-state index in [1.54, 1.807) is 0 Å². The molecule has 4 nitrogen and oxygen atoms in total. The summed E-state index contributed by atoms with van der Waals surface area (Å²) in [6.45, 7) is 2.26. The van der Waals surface area contributed by atoms with E-state index in [0.717, 1.165) is 24.5 Å². The van der Waals surface area contributed by atoms with Crippen LogP contribution in [0.2, 0.25) is 0 Å². The maximum absolute atomic E-state index is 5.46. The van der Waals surface area contributed by atoms with Crippen molar-refractivity contribution in [2.75, 3.05) is 7.05 Å². The van der Waals surface area contributed by atoms with E-state index in [2.05, 4.69) is 17.1 Å². The minimum Gasteiger partial charge on any atom is -0.359 e. The Labute approximate surface area is 65.0 Å². The number of rotatable bonds is 1. The zero-order chi connectivity index (χ0) is 7.84. The predicted molar refractivity (Wildman–Crippen MR) is 39.6 cm³/mol. The average Bonchev–Trinajstić information content (AvgIpc) is 2.45. The minimum atomic E-state index is 0.455. The summed E-state index contributed by atoms with van der Waals surface area (Å²) >= 11 is 0. The Bertz CT molecular complexity index is 269. The Morgan fingerprint density at radius 3 is 3.18 bits per heavy atom. The van der Waals surface area contributed by atoms with Gasteiger partial charge in [0, 0.05) is 18.7 Å². The van der Waals surface area contributed by atoms with Crippen molar-refractivity contribution in [3.05, 3.63) is 17.0 Å². The van der Waals surface area contributed by atoms with E-state index < -0.39 is 0 Å². The van der Waals surface area contributed by atoms with Gasteiger partial charge in [-0.3, -0.25) is 4.90 Å². The lowest BCUT2D eigenvalue weighted by atomic mass is 10.2. The molecule has 1 aromatic heterocycles. The van der Waals surface area contributed by atoms with Crippen LogP contribution >= 0.6 is 0 Å². The Morgan fingerprint density at radius 1 is 1.64 bits per heavy atom. The van der Waals surface area contributed by atoms with Crippen LogP contribution in [0.25, 0.3) is 0 Å². The molecule has 1 aromatic rings. The molecule has 0 radical (unpaired) electrons. The van der Waals surface area contributed by atoms with Gasteiger partial charge in [-0.1, -0.05) is 5.16 Å². The fourth-order valence-electron chi connectivity index (χ4n) is 1.43. The first-order valence-corrected chi connectivity index (χ1v) is 3.66. The SMILES string of the molecule is CN1Cc2noc(CN)c2C1. The van der Waals surface area contributed by atoms with Crippen molar-refractivity contribution in [2.45, 2.75) is 19.6 Å². The summed E-state index contributed by atoms with van der Waals surface area (Å²) in [4.78, 5) is 2.19. The zero-order valence-corrected chi connectivity index (χ0v) is 6.50. The van der Waals surface area contributed by atoms with Gasteiger partial charge in [0.25, 0.3) is 0 Å². The van der Waals surface area contributed by atoms with Crippen molar-refractivity contribution in [3.63, 3.8) is 0 Å². The van der Waals surface area contributed by atoms with Gasteiger partial charge in [0.05, 0.1) is 6.54 Å². The molecule has 0 saturated heterocycles. The lowest BCUT2D eigenvalue weighted by Crippen LogP contribution is -2.09. The van der Waals surface area contributed by atoms with E-state index in [1.807, 2.05) is 0 Å². The summed E-state index contributed by atoms with van der Waals surface area (Å²) in [5.74, 6) is 0.837. The van der Waals surface area contributed by atoms with Crippen molar-refractivity contribution in [1.29, 1.82) is 0 Å². The number of nitrogens with two attached hydrogens (primary N) is 1. The fraction of sp³-hybridized carbons (Fsp3) is 0.571. The van der Waals surface area contributed by atoms with Gasteiger partial charge in [0.15, 0.2) is 5.76 Å². The standard InChI is InChI=1S/C7H11N3O/c1-10-3-5-6(4-10)9-11-7(5)2-8/h2-4,8H2,1H3. The molecule has 0 amide bonds. The van der Waals surface area contributed by atoms with Crippen LogP contribution in [0.15, 0.2) is 4.52 Å². The second-order valence-corrected chi connectivity index (χ2v) is 2.91. The highest BCUT2D eigenvalue weighted by Crippen LogP contribution is 2.23. The number of aromatic nitrogens is 1. The third kappa shape index (κ3) is 0.948. The van der Waals surface area contributed by atoms with Gasteiger partial charge in [-0.2, -0.15) is 0 Å². The molecule has 0 fully saturated rings. The van der Waals surface area contributed by atoms with Gasteiger partial charge in [0.1, 0.15) is 5.69 Å². The number of hydrogen-bond donors (Lipinski definition) is 1. The fourth-order valence-corrected chi connectivity index (χ4v) is 1.43. The van der Waals surface area contributed by atoms with Crippen LogP contribution in [0.5, 0.6) is 0 Å². The number of nitrogens with zero attached hydrogens (tertiary/aromatic N) is 2. The normalized spacial score (nSPS) is 17.3. The van der Waals surface area contributed by atoms with Gasteiger partial charge in [0.2, 0.25) is 0 Å². The van der Waals surface area contributed by atoms with E-state index in [4.69, 9.17) is 10.3 Å². The van der Waals surface area contributed by atoms with Crippen molar-refractivity contribution >= 4 is 0 Å². The molecule has 0 saturated carbocycles. The topological polar surface area (TPSA) is 55.3 Å². The molecule has 2 rings (SSSR count). The van der Waals surface area contributed by atoms with Gasteiger partial charge in [-0.15, -0.1) is 0 Å². The smallest absolute Gasteiger partial charge is 0.155 e. The van der Waals surface area contributed by atoms with E-state index >= 15 is 0 Å². The average molecular weight is 153 g/mol. The van der Waals surface area contributed by atoms with Crippen molar-refractivity contribution in [3.8, 4) is 0 Å². The number of hydrogen-bond acceptors (Lipinski definition) is 4. The lowest BCUT2D eigenvalue weighted by molar-refractivity contribution is 0.310. The van der Waals surface area contributed by atoms with Crippen LogP contribution in [0.3, 0.4) is 0 Å². The molecule has 1 aliphatic rings. The van der Waals surface area contributed by atoms with Crippen molar-refractivity contribution < 1.29 is 4.52 Å². The van der Waals surface area contributed by atoms with Crippen LogP contribution in [-0.4, -0.2) is 17.1 Å². The van der Waals surface area contributed by atoms with Gasteiger partial charge < -0.3 is 10.3 Å². The van der Waals surface area contributed by atoms with E-state index in [0.29, 0.717) is 6.54 Å². The molecule has 1 aliphatic heterocycles. The third-order valence-electron chi connectivity index (χ3n) is 1.98. The monoisotopic (exact) mass is 153 g/mol. The van der Waals surface area contributed by atoms with Gasteiger partial charge in [-0.05, 0) is 7.05 Å². The molecule has 2 N–H and O–H groups in total. The van der Waals surface area contributed by atoms with Crippen LogP contribution in [0, 0.1) is 0 Å². The summed E-state index contributed by atoms with van der Waals surface area (Å²) in [5, 5.41) is 3.92. The van der Waals surface area contributed by atoms with Crippen LogP contribution in [0.1, 0.15) is 17.0 Å². The Kier molecular flexibility index (Phi) is 1.44. The van der Waals surface area contributed by atoms with Crippen molar-refractivity contribution in [1.82, 2.24) is 10.1 Å². The van der Waals surface area contributed by atoms with Crippen molar-refractivity contribution in [2.24, 2.45) is 5.73 Å². The summed E-state index contributed by atoms with van der Waals surface area (Å²) in [7, 11) is 2.06. The zero-order valence-electron chi connectivity index (χ0n) is 6.50. The second-order valence-electron chi connectivity index (χ2n) is 2.91. The summed E-state index contributed by atoms with van der Waals surface area (Å²) in [6, 6.07) is 0. The highest BCUT2D eigenvalue weighted by Gasteiger charge is 2.23. The first kappa shape index (κ1) is 6.82. The largest absolute Gasteiger partial charge is 0.359 e. The molecule has 0 atom stereocenters. The molecule has 60 valence electrons. The Hall–Kier alpha value is -0.870. The third-order valence-corrected chi connectivity index (χ3v) is 1.98. The van der Waals surface area contributed by atoms with Crippen LogP contribution in [-0.2, 0) is 19.6 Å². The van der Waals surface area contributed by atoms with Gasteiger partial charge >= 0.3 is 0 Å². The highest BCUT2D eigenvalue weighted by atomic mass is 16.5. The van der Waals surface area contributed by atoms with Crippen LogP contribution < -0.4 is 5.73 Å². The van der Waals surface area contributed by atoms with E-state index in [9.17, 15) is 0 Å². The molecule has 0 bridgehead atoms. The highest BCUT2D eigenvalue weighted by molar-refractivity contribution is 5.26. The quantitative estimate of drug-likeness (QED) is 0.620. The Balaban J connectivity index is 2.37. The molecule has 0 unspecified atom stereocenters. The number of fused-ring (bicyclic) bond motifs is 1. The van der Waals surface area contributed by atoms with E-state index in [1.165, 1.54) is 5.56 Å². The summed E-state index contributed by atoms with van der Waals surface area (Å²) in [5.41, 5.74) is 7.70. The minimum absolute atomic E-state index is 0.455. The molecule has 0 spiro atoms. The lowest BCUT2D eigenvalue weighted by Gasteiger charge is -2.03. The predicted octanol–water partition coefficient (Wildman–Crippen LogP) is 0.0787. The molecule has 4 heteroatoms. The Morgan fingerprint density at radius 2 is 2.45 bits per heavy atom. The first-order chi connectivity index (χ1) is 5.31. The second kappa shape index (κ2) is 2.32. The molecular weight excluding hydrogens is 142 g/mol. The summed E-state index contributed by atoms with van der Waals surface area (Å²) in [6.07, 6.45) is 0. The molecule has 0 aromatic carbocycles. The summed E-state index contributed by atoms with van der Waals surface area (Å²) < 4.78 is 5.03. The molecule has 0 aliphatic carbocycles. The maximum atomic E-state index is 5.46. The van der Waals surface area contributed by atoms with Gasteiger partial charge in [-0.25, -0.2) is 0 Å². The molecule has 11 heavy (non-hydrogen) atoms. The molecular formula is C7H11N3O.